The number of hydrogen-bond donors (Lipinski definition) is 1. The summed E-state index contributed by atoms with van der Waals surface area (Å²) in [6.45, 7) is 5.38. The maximum absolute atomic E-state index is 12.8. The molecule has 26 heavy (non-hydrogen) atoms. The topological polar surface area (TPSA) is 84.9 Å². The molecule has 2 amide bonds. The monoisotopic (exact) mass is 362 g/mol. The smallest absolute Gasteiger partial charge is 0.308 e. The van der Waals surface area contributed by atoms with Gasteiger partial charge in [-0.25, -0.2) is 0 Å². The highest BCUT2D eigenvalue weighted by atomic mass is 16.5. The number of unbranched alkanes of at least 4 members (excludes halogenated alkanes) is 1. The van der Waals surface area contributed by atoms with Gasteiger partial charge in [0.05, 0.1) is 19.6 Å². The van der Waals surface area contributed by atoms with Crippen molar-refractivity contribution in [1.29, 1.82) is 0 Å². The zero-order valence-electron chi connectivity index (χ0n) is 15.3. The maximum Gasteiger partial charge on any atom is 0.308 e. The summed E-state index contributed by atoms with van der Waals surface area (Å²) < 4.78 is 10.5. The van der Waals surface area contributed by atoms with Gasteiger partial charge in [0.2, 0.25) is 5.91 Å². The van der Waals surface area contributed by atoms with Gasteiger partial charge in [-0.1, -0.05) is 13.3 Å². The molecule has 1 aliphatic heterocycles. The van der Waals surface area contributed by atoms with Crippen molar-refractivity contribution < 1.29 is 23.9 Å². The summed E-state index contributed by atoms with van der Waals surface area (Å²) >= 11 is 0. The van der Waals surface area contributed by atoms with Crippen LogP contribution in [0, 0.1) is 0 Å². The summed E-state index contributed by atoms with van der Waals surface area (Å²) in [6.07, 6.45) is 1.87. The van der Waals surface area contributed by atoms with Gasteiger partial charge in [-0.2, -0.15) is 0 Å². The van der Waals surface area contributed by atoms with Gasteiger partial charge >= 0.3 is 5.97 Å². The van der Waals surface area contributed by atoms with E-state index in [2.05, 4.69) is 12.2 Å². The third-order valence-electron chi connectivity index (χ3n) is 4.12. The predicted octanol–water partition coefficient (Wildman–Crippen LogP) is 1.76. The molecule has 142 valence electrons. The van der Waals surface area contributed by atoms with Gasteiger partial charge in [-0.15, -0.1) is 0 Å². The number of rotatable bonds is 8. The molecule has 7 heteroatoms. The fourth-order valence-corrected chi connectivity index (χ4v) is 2.73. The number of nitrogens with one attached hydrogen (secondary N) is 1. The number of ether oxygens (including phenoxy) is 2. The van der Waals surface area contributed by atoms with Crippen molar-refractivity contribution in [3.63, 3.8) is 0 Å². The third kappa shape index (κ3) is 5.21. The minimum Gasteiger partial charge on any atom is -0.494 e. The Hall–Kier alpha value is -2.57. The normalized spacial score (nSPS) is 16.8. The molecule has 1 aromatic rings. The zero-order chi connectivity index (χ0) is 18.9. The Morgan fingerprint density at radius 2 is 1.96 bits per heavy atom. The highest BCUT2D eigenvalue weighted by Crippen LogP contribution is 2.18. The highest BCUT2D eigenvalue weighted by molar-refractivity contribution is 5.99. The predicted molar refractivity (Wildman–Crippen MR) is 95.9 cm³/mol. The van der Waals surface area contributed by atoms with Gasteiger partial charge in [-0.3, -0.25) is 14.4 Å². The van der Waals surface area contributed by atoms with Crippen LogP contribution in [0.5, 0.6) is 5.75 Å². The second-order valence-corrected chi connectivity index (χ2v) is 6.04. The average molecular weight is 362 g/mol. The fourth-order valence-electron chi connectivity index (χ4n) is 2.73. The molecule has 0 aliphatic carbocycles. The molecule has 0 radical (unpaired) electrons. The van der Waals surface area contributed by atoms with E-state index in [1.807, 2.05) is 0 Å². The van der Waals surface area contributed by atoms with Gasteiger partial charge in [0.1, 0.15) is 11.8 Å². The molecular formula is C19H26N2O5. The van der Waals surface area contributed by atoms with Crippen LogP contribution < -0.4 is 10.1 Å². The van der Waals surface area contributed by atoms with Crippen molar-refractivity contribution in [2.45, 2.75) is 39.2 Å². The lowest BCUT2D eigenvalue weighted by Crippen LogP contribution is -2.57. The van der Waals surface area contributed by atoms with Crippen LogP contribution in [0.1, 0.15) is 43.5 Å². The molecule has 1 unspecified atom stereocenters. The molecule has 1 atom stereocenters. The Morgan fingerprint density at radius 3 is 2.62 bits per heavy atom. The Labute approximate surface area is 153 Å². The zero-order valence-corrected chi connectivity index (χ0v) is 15.3. The SMILES string of the molecule is CCCCOc1ccc(C(=O)N2CCNC(=O)C2CC(=O)OCC)cc1. The van der Waals surface area contributed by atoms with Crippen LogP contribution in [0.15, 0.2) is 24.3 Å². The molecule has 2 rings (SSSR count). The molecule has 1 aromatic carbocycles. The van der Waals surface area contributed by atoms with E-state index in [1.54, 1.807) is 31.2 Å². The van der Waals surface area contributed by atoms with Gasteiger partial charge in [0.25, 0.3) is 5.91 Å². The van der Waals surface area contributed by atoms with E-state index in [0.717, 1.165) is 12.8 Å². The summed E-state index contributed by atoms with van der Waals surface area (Å²) in [5.41, 5.74) is 0.455. The first kappa shape index (κ1) is 19.8. The van der Waals surface area contributed by atoms with E-state index in [-0.39, 0.29) is 24.8 Å². The molecule has 0 spiro atoms. The van der Waals surface area contributed by atoms with Crippen molar-refractivity contribution in [3.05, 3.63) is 29.8 Å². The number of carbonyl (C=O) groups is 3. The maximum atomic E-state index is 12.8. The second kappa shape index (κ2) is 9.79. The molecule has 1 N–H and O–H groups in total. The van der Waals surface area contributed by atoms with Gasteiger partial charge in [-0.05, 0) is 37.6 Å². The molecule has 0 aromatic heterocycles. The van der Waals surface area contributed by atoms with Crippen LogP contribution in [0.25, 0.3) is 0 Å². The molecule has 1 saturated heterocycles. The Bertz CT molecular complexity index is 629. The summed E-state index contributed by atoms with van der Waals surface area (Å²) in [5, 5.41) is 2.69. The lowest BCUT2D eigenvalue weighted by atomic mass is 10.1. The fraction of sp³-hybridized carbons (Fsp3) is 0.526. The number of carbonyl (C=O) groups excluding carboxylic acids is 3. The van der Waals surface area contributed by atoms with E-state index >= 15 is 0 Å². The first-order valence-electron chi connectivity index (χ1n) is 9.04. The summed E-state index contributed by atoms with van der Waals surface area (Å²) in [6, 6.07) is 5.99. The average Bonchev–Trinajstić information content (AvgIpc) is 2.64. The van der Waals surface area contributed by atoms with Crippen LogP contribution in [0.4, 0.5) is 0 Å². The van der Waals surface area contributed by atoms with E-state index in [9.17, 15) is 14.4 Å². The number of piperazine rings is 1. The largest absolute Gasteiger partial charge is 0.494 e. The number of hydrogen-bond acceptors (Lipinski definition) is 5. The van der Waals surface area contributed by atoms with Crippen molar-refractivity contribution >= 4 is 17.8 Å². The van der Waals surface area contributed by atoms with Crippen LogP contribution >= 0.6 is 0 Å². The standard InChI is InChI=1S/C19H26N2O5/c1-3-5-12-26-15-8-6-14(7-9-15)19(24)21-11-10-20-18(23)16(21)13-17(22)25-4-2/h6-9,16H,3-5,10-13H2,1-2H3,(H,20,23). The Kier molecular flexibility index (Phi) is 7.44. The van der Waals surface area contributed by atoms with Gasteiger partial charge < -0.3 is 19.7 Å². The molecule has 0 bridgehead atoms. The first-order valence-corrected chi connectivity index (χ1v) is 9.04. The number of amides is 2. The number of benzene rings is 1. The molecule has 7 nitrogen and oxygen atoms in total. The lowest BCUT2D eigenvalue weighted by Gasteiger charge is -2.34. The van der Waals surface area contributed by atoms with Crippen LogP contribution in [0.2, 0.25) is 0 Å². The van der Waals surface area contributed by atoms with E-state index in [4.69, 9.17) is 9.47 Å². The van der Waals surface area contributed by atoms with Crippen molar-refractivity contribution in [2.24, 2.45) is 0 Å². The Balaban J connectivity index is 2.07. The van der Waals surface area contributed by atoms with Crippen molar-refractivity contribution in [3.8, 4) is 5.75 Å². The van der Waals surface area contributed by atoms with Crippen LogP contribution in [-0.4, -0.2) is 55.0 Å². The van der Waals surface area contributed by atoms with Crippen molar-refractivity contribution in [2.75, 3.05) is 26.3 Å². The summed E-state index contributed by atoms with van der Waals surface area (Å²) in [5.74, 6) is -0.409. The highest BCUT2D eigenvalue weighted by Gasteiger charge is 2.35. The van der Waals surface area contributed by atoms with Crippen LogP contribution in [-0.2, 0) is 14.3 Å². The molecule has 0 saturated carbocycles. The molecule has 1 fully saturated rings. The third-order valence-corrected chi connectivity index (χ3v) is 4.12. The minimum atomic E-state index is -0.851. The Morgan fingerprint density at radius 1 is 1.23 bits per heavy atom. The molecule has 1 heterocycles. The number of nitrogens with zero attached hydrogens (tertiary/aromatic N) is 1. The minimum absolute atomic E-state index is 0.149. The molecule has 1 aliphatic rings. The van der Waals surface area contributed by atoms with Gasteiger partial charge in [0.15, 0.2) is 0 Å². The first-order chi connectivity index (χ1) is 12.6. The van der Waals surface area contributed by atoms with E-state index < -0.39 is 12.0 Å². The number of esters is 1. The second-order valence-electron chi connectivity index (χ2n) is 6.04. The van der Waals surface area contributed by atoms with E-state index in [1.165, 1.54) is 4.90 Å². The van der Waals surface area contributed by atoms with Gasteiger partial charge in [0, 0.05) is 18.7 Å². The summed E-state index contributed by atoms with van der Waals surface area (Å²) in [4.78, 5) is 38.2. The lowest BCUT2D eigenvalue weighted by molar-refractivity contribution is -0.147. The summed E-state index contributed by atoms with van der Waals surface area (Å²) in [7, 11) is 0. The molecular weight excluding hydrogens is 336 g/mol. The van der Waals surface area contributed by atoms with E-state index in [0.29, 0.717) is 31.0 Å². The van der Waals surface area contributed by atoms with Crippen molar-refractivity contribution in [1.82, 2.24) is 10.2 Å². The quantitative estimate of drug-likeness (QED) is 0.563. The van der Waals surface area contributed by atoms with Crippen LogP contribution in [0.3, 0.4) is 0 Å².